The number of sulfonamides is 1. The number of hydrogen-bond donors (Lipinski definition) is 1. The fourth-order valence-electron chi connectivity index (χ4n) is 3.17. The van der Waals surface area contributed by atoms with Gasteiger partial charge >= 0.3 is 0 Å². The van der Waals surface area contributed by atoms with Crippen LogP contribution in [0.4, 0.5) is 5.69 Å². The molecular formula is C22H28ClN3O4S. The van der Waals surface area contributed by atoms with Crippen LogP contribution in [0, 0.1) is 6.92 Å². The lowest BCUT2D eigenvalue weighted by molar-refractivity contribution is -0.139. The van der Waals surface area contributed by atoms with Gasteiger partial charge in [0.1, 0.15) is 12.6 Å². The summed E-state index contributed by atoms with van der Waals surface area (Å²) < 4.78 is 26.1. The van der Waals surface area contributed by atoms with E-state index in [4.69, 9.17) is 11.6 Å². The topological polar surface area (TPSA) is 86.8 Å². The molecule has 2 rings (SSSR count). The van der Waals surface area contributed by atoms with Gasteiger partial charge in [-0.25, -0.2) is 8.42 Å². The van der Waals surface area contributed by atoms with Gasteiger partial charge < -0.3 is 10.2 Å². The number of carbonyl (C=O) groups is 2. The molecule has 1 atom stereocenters. The van der Waals surface area contributed by atoms with Gasteiger partial charge in [-0.15, -0.1) is 0 Å². The molecule has 1 N–H and O–H groups in total. The number of carbonyl (C=O) groups excluding carboxylic acids is 2. The number of benzene rings is 2. The van der Waals surface area contributed by atoms with Crippen molar-refractivity contribution in [3.05, 3.63) is 64.7 Å². The maximum atomic E-state index is 13.3. The van der Waals surface area contributed by atoms with E-state index in [0.29, 0.717) is 17.3 Å². The molecule has 0 saturated heterocycles. The number of nitrogens with one attached hydrogen (secondary N) is 1. The Labute approximate surface area is 189 Å². The van der Waals surface area contributed by atoms with Gasteiger partial charge in [0.05, 0.1) is 11.9 Å². The maximum absolute atomic E-state index is 13.3. The number of likely N-dealkylation sites (N-methyl/N-ethyl adjacent to an activating group) is 1. The third kappa shape index (κ3) is 6.70. The number of hydrogen-bond acceptors (Lipinski definition) is 4. The summed E-state index contributed by atoms with van der Waals surface area (Å²) in [6.45, 7) is 5.29. The number of nitrogens with zero attached hydrogens (tertiary/aromatic N) is 2. The van der Waals surface area contributed by atoms with E-state index in [9.17, 15) is 18.0 Å². The highest BCUT2D eigenvalue weighted by atomic mass is 35.5. The molecule has 9 heteroatoms. The van der Waals surface area contributed by atoms with E-state index in [1.165, 1.54) is 4.90 Å². The molecule has 0 radical (unpaired) electrons. The van der Waals surface area contributed by atoms with Crippen LogP contribution in [0.5, 0.6) is 0 Å². The molecule has 0 aliphatic heterocycles. The molecular weight excluding hydrogens is 438 g/mol. The first-order chi connectivity index (χ1) is 14.5. The molecule has 7 nitrogen and oxygen atoms in total. The van der Waals surface area contributed by atoms with Crippen LogP contribution in [0.1, 0.15) is 25.0 Å². The fraction of sp³-hybridized carbons (Fsp3) is 0.364. The molecule has 0 bridgehead atoms. The Bertz CT molecular complexity index is 1040. The van der Waals surface area contributed by atoms with Crippen LogP contribution in [0.25, 0.3) is 0 Å². The average molecular weight is 466 g/mol. The SMILES string of the molecule is CCNC(=O)C(C)N(Cc1cccc(Cl)c1)C(=O)CN(c1ccccc1C)S(C)(=O)=O. The third-order valence-corrected chi connectivity index (χ3v) is 6.19. The lowest BCUT2D eigenvalue weighted by Crippen LogP contribution is -2.51. The molecule has 0 aliphatic carbocycles. The summed E-state index contributed by atoms with van der Waals surface area (Å²) in [7, 11) is -3.74. The molecule has 0 aliphatic rings. The second-order valence-corrected chi connectivity index (χ2v) is 9.62. The molecule has 2 amide bonds. The number of rotatable bonds is 9. The molecule has 1 unspecified atom stereocenters. The summed E-state index contributed by atoms with van der Waals surface area (Å²) in [6, 6.07) is 13.1. The van der Waals surface area contributed by atoms with Crippen molar-refractivity contribution in [2.24, 2.45) is 0 Å². The van der Waals surface area contributed by atoms with E-state index >= 15 is 0 Å². The lowest BCUT2D eigenvalue weighted by Gasteiger charge is -2.31. The summed E-state index contributed by atoms with van der Waals surface area (Å²) in [5.74, 6) is -0.813. The van der Waals surface area contributed by atoms with Gasteiger partial charge in [-0.3, -0.25) is 13.9 Å². The largest absolute Gasteiger partial charge is 0.355 e. The highest BCUT2D eigenvalue weighted by Gasteiger charge is 2.30. The van der Waals surface area contributed by atoms with Crippen molar-refractivity contribution in [3.63, 3.8) is 0 Å². The van der Waals surface area contributed by atoms with Gasteiger partial charge in [-0.05, 0) is 50.1 Å². The highest BCUT2D eigenvalue weighted by Crippen LogP contribution is 2.23. The zero-order valence-electron chi connectivity index (χ0n) is 18.1. The number of amides is 2. The lowest BCUT2D eigenvalue weighted by atomic mass is 10.1. The van der Waals surface area contributed by atoms with Crippen molar-refractivity contribution in [1.29, 1.82) is 0 Å². The van der Waals surface area contributed by atoms with Gasteiger partial charge in [0.15, 0.2) is 0 Å². The summed E-state index contributed by atoms with van der Waals surface area (Å²) in [6.07, 6.45) is 1.06. The van der Waals surface area contributed by atoms with Gasteiger partial charge in [-0.1, -0.05) is 41.9 Å². The van der Waals surface area contributed by atoms with Crippen LogP contribution in [0.2, 0.25) is 5.02 Å². The molecule has 0 fully saturated rings. The van der Waals surface area contributed by atoms with Crippen molar-refractivity contribution in [2.45, 2.75) is 33.4 Å². The minimum Gasteiger partial charge on any atom is -0.355 e. The third-order valence-electron chi connectivity index (χ3n) is 4.82. The zero-order chi connectivity index (χ0) is 23.2. The summed E-state index contributed by atoms with van der Waals surface area (Å²) >= 11 is 6.07. The van der Waals surface area contributed by atoms with Gasteiger partial charge in [0.25, 0.3) is 0 Å². The first-order valence-corrected chi connectivity index (χ1v) is 12.1. The van der Waals surface area contributed by atoms with E-state index in [2.05, 4.69) is 5.32 Å². The van der Waals surface area contributed by atoms with Gasteiger partial charge in [0.2, 0.25) is 21.8 Å². The van der Waals surface area contributed by atoms with Crippen molar-refractivity contribution in [1.82, 2.24) is 10.2 Å². The Balaban J connectivity index is 2.40. The first kappa shape index (κ1) is 24.7. The van der Waals surface area contributed by atoms with E-state index in [1.54, 1.807) is 69.3 Å². The number of halogens is 1. The van der Waals surface area contributed by atoms with E-state index in [-0.39, 0.29) is 12.5 Å². The van der Waals surface area contributed by atoms with E-state index in [1.807, 2.05) is 0 Å². The summed E-state index contributed by atoms with van der Waals surface area (Å²) in [5.41, 5.74) is 1.88. The maximum Gasteiger partial charge on any atom is 0.244 e. The second-order valence-electron chi connectivity index (χ2n) is 7.28. The Morgan fingerprint density at radius 2 is 1.81 bits per heavy atom. The minimum atomic E-state index is -3.74. The quantitative estimate of drug-likeness (QED) is 0.616. The van der Waals surface area contributed by atoms with Crippen LogP contribution < -0.4 is 9.62 Å². The molecule has 31 heavy (non-hydrogen) atoms. The van der Waals surface area contributed by atoms with Crippen molar-refractivity contribution >= 4 is 39.1 Å². The molecule has 2 aromatic rings. The van der Waals surface area contributed by atoms with Crippen LogP contribution >= 0.6 is 11.6 Å². The van der Waals surface area contributed by atoms with Crippen molar-refractivity contribution in [2.75, 3.05) is 23.7 Å². The number of para-hydroxylation sites is 1. The van der Waals surface area contributed by atoms with E-state index in [0.717, 1.165) is 21.7 Å². The standard InChI is InChI=1S/C22H28ClN3O4S/c1-5-24-22(28)17(3)25(14-18-10-8-11-19(23)13-18)21(27)15-26(31(4,29)30)20-12-7-6-9-16(20)2/h6-13,17H,5,14-15H2,1-4H3,(H,24,28). The normalized spacial score (nSPS) is 12.2. The Kier molecular flexibility index (Phi) is 8.47. The van der Waals surface area contributed by atoms with Gasteiger partial charge in [0, 0.05) is 18.1 Å². The average Bonchev–Trinajstić information content (AvgIpc) is 2.69. The van der Waals surface area contributed by atoms with E-state index < -0.39 is 28.5 Å². The zero-order valence-corrected chi connectivity index (χ0v) is 19.7. The molecule has 168 valence electrons. The van der Waals surface area contributed by atoms with Gasteiger partial charge in [-0.2, -0.15) is 0 Å². The molecule has 0 heterocycles. The molecule has 0 aromatic heterocycles. The van der Waals surface area contributed by atoms with Crippen LogP contribution in [-0.4, -0.2) is 50.5 Å². The monoisotopic (exact) mass is 465 g/mol. The minimum absolute atomic E-state index is 0.114. The Morgan fingerprint density at radius 3 is 2.39 bits per heavy atom. The fourth-order valence-corrected chi connectivity index (χ4v) is 4.29. The predicted molar refractivity (Wildman–Crippen MR) is 124 cm³/mol. The smallest absolute Gasteiger partial charge is 0.244 e. The number of anilines is 1. The van der Waals surface area contributed by atoms with Crippen LogP contribution in [0.3, 0.4) is 0 Å². The second kappa shape index (κ2) is 10.6. The molecule has 0 spiro atoms. The first-order valence-electron chi connectivity index (χ1n) is 9.89. The van der Waals surface area contributed by atoms with Crippen LogP contribution in [-0.2, 0) is 26.2 Å². The molecule has 2 aromatic carbocycles. The highest BCUT2D eigenvalue weighted by molar-refractivity contribution is 7.92. The Morgan fingerprint density at radius 1 is 1.13 bits per heavy atom. The molecule has 0 saturated carbocycles. The summed E-state index contributed by atoms with van der Waals surface area (Å²) in [5, 5.41) is 3.22. The van der Waals surface area contributed by atoms with Crippen molar-refractivity contribution in [3.8, 4) is 0 Å². The summed E-state index contributed by atoms with van der Waals surface area (Å²) in [4.78, 5) is 27.2. The number of aryl methyl sites for hydroxylation is 1. The predicted octanol–water partition coefficient (Wildman–Crippen LogP) is 2.97. The van der Waals surface area contributed by atoms with Crippen LogP contribution in [0.15, 0.2) is 48.5 Å². The Hall–Kier alpha value is -2.58. The van der Waals surface area contributed by atoms with Crippen molar-refractivity contribution < 1.29 is 18.0 Å².